The number of rotatable bonds is 4. The Morgan fingerprint density at radius 3 is 2.80 bits per heavy atom. The number of halogens is 1. The molecule has 0 N–H and O–H groups in total. The van der Waals surface area contributed by atoms with Crippen molar-refractivity contribution in [1.82, 2.24) is 0 Å². The van der Waals surface area contributed by atoms with Gasteiger partial charge in [-0.05, 0) is 24.3 Å². The Labute approximate surface area is 124 Å². The molecule has 20 heavy (non-hydrogen) atoms. The van der Waals surface area contributed by atoms with Gasteiger partial charge in [-0.3, -0.25) is 14.9 Å². The summed E-state index contributed by atoms with van der Waals surface area (Å²) in [4.78, 5) is 24.1. The molecule has 0 radical (unpaired) electrons. The molecule has 0 unspecified atom stereocenters. The molecule has 0 saturated heterocycles. The summed E-state index contributed by atoms with van der Waals surface area (Å²) in [6.45, 7) is 0.567. The summed E-state index contributed by atoms with van der Waals surface area (Å²) >= 11 is 3.48. The molecule has 1 saturated carbocycles. The van der Waals surface area contributed by atoms with Crippen LogP contribution in [0.5, 0.6) is 5.75 Å². The van der Waals surface area contributed by atoms with E-state index in [9.17, 15) is 14.9 Å². The minimum atomic E-state index is -0.463. The topological polar surface area (TPSA) is 72.7 Å². The van der Waals surface area contributed by atoms with E-state index < -0.39 is 4.92 Å². The van der Waals surface area contributed by atoms with Crippen molar-refractivity contribution in [2.45, 2.75) is 12.8 Å². The van der Waals surface area contributed by atoms with Crippen LogP contribution in [0.3, 0.4) is 0 Å². The van der Waals surface area contributed by atoms with Gasteiger partial charge >= 0.3 is 0 Å². The van der Waals surface area contributed by atoms with Gasteiger partial charge in [0.2, 0.25) is 0 Å². The molecule has 106 valence electrons. The van der Waals surface area contributed by atoms with Crippen LogP contribution in [0.2, 0.25) is 0 Å². The second kappa shape index (κ2) is 4.73. The van der Waals surface area contributed by atoms with Crippen molar-refractivity contribution in [1.29, 1.82) is 0 Å². The molecule has 0 atom stereocenters. The molecule has 1 aliphatic carbocycles. The number of nitro benzene ring substituents is 1. The van der Waals surface area contributed by atoms with E-state index in [1.165, 1.54) is 12.1 Å². The van der Waals surface area contributed by atoms with Gasteiger partial charge < -0.3 is 9.64 Å². The third kappa shape index (κ3) is 2.26. The third-order valence-corrected chi connectivity index (χ3v) is 5.02. The van der Waals surface area contributed by atoms with E-state index in [0.717, 1.165) is 18.2 Å². The van der Waals surface area contributed by atoms with Gasteiger partial charge in [0.1, 0.15) is 5.75 Å². The van der Waals surface area contributed by atoms with Gasteiger partial charge in [-0.1, -0.05) is 15.9 Å². The highest BCUT2D eigenvalue weighted by Crippen LogP contribution is 2.49. The highest BCUT2D eigenvalue weighted by atomic mass is 79.9. The molecule has 1 aromatic rings. The van der Waals surface area contributed by atoms with Crippen LogP contribution in [0.1, 0.15) is 12.8 Å². The van der Waals surface area contributed by atoms with Gasteiger partial charge in [0.05, 0.1) is 10.6 Å². The zero-order valence-electron chi connectivity index (χ0n) is 10.7. The first-order chi connectivity index (χ1) is 9.54. The minimum absolute atomic E-state index is 0.0107. The Bertz CT molecular complexity index is 586. The molecule has 0 aromatic heterocycles. The zero-order valence-corrected chi connectivity index (χ0v) is 12.3. The molecule has 1 amide bonds. The van der Waals surface area contributed by atoms with Crippen LogP contribution in [0.4, 0.5) is 11.4 Å². The minimum Gasteiger partial charge on any atom is -0.482 e. The number of amides is 1. The van der Waals surface area contributed by atoms with Gasteiger partial charge in [-0.15, -0.1) is 0 Å². The van der Waals surface area contributed by atoms with Gasteiger partial charge in [-0.2, -0.15) is 0 Å². The summed E-state index contributed by atoms with van der Waals surface area (Å²) in [5, 5.41) is 11.7. The Balaban J connectivity index is 1.96. The molecule has 1 aliphatic heterocycles. The van der Waals surface area contributed by atoms with E-state index in [-0.39, 0.29) is 23.6 Å². The van der Waals surface area contributed by atoms with Crippen molar-refractivity contribution in [2.75, 3.05) is 23.4 Å². The fourth-order valence-electron chi connectivity index (χ4n) is 2.32. The van der Waals surface area contributed by atoms with E-state index in [1.807, 2.05) is 0 Å². The SMILES string of the molecule is O=C1COc2ccc([N+](=O)[O-])cc2N1CC1(CBr)CC1. The standard InChI is InChI=1S/C13H13BrN2O4/c14-7-13(3-4-13)8-15-10-5-9(16(18)19)1-2-11(10)20-6-12(15)17/h1-2,5H,3-4,6-8H2. The van der Waals surface area contributed by atoms with Crippen molar-refractivity contribution >= 4 is 33.2 Å². The number of nitro groups is 1. The molecule has 0 bridgehead atoms. The van der Waals surface area contributed by atoms with Crippen LogP contribution in [-0.2, 0) is 4.79 Å². The number of nitrogens with zero attached hydrogens (tertiary/aromatic N) is 2. The predicted molar refractivity (Wildman–Crippen MR) is 76.4 cm³/mol. The van der Waals surface area contributed by atoms with E-state index in [4.69, 9.17) is 4.74 Å². The first-order valence-corrected chi connectivity index (χ1v) is 7.44. The van der Waals surface area contributed by atoms with Crippen molar-refractivity contribution in [3.63, 3.8) is 0 Å². The number of anilines is 1. The number of non-ortho nitro benzene ring substituents is 1. The largest absolute Gasteiger partial charge is 0.482 e. The van der Waals surface area contributed by atoms with Crippen LogP contribution in [0.15, 0.2) is 18.2 Å². The lowest BCUT2D eigenvalue weighted by atomic mass is 10.1. The highest BCUT2D eigenvalue weighted by molar-refractivity contribution is 9.09. The van der Waals surface area contributed by atoms with Crippen molar-refractivity contribution in [2.24, 2.45) is 5.41 Å². The number of fused-ring (bicyclic) bond motifs is 1. The predicted octanol–water partition coefficient (Wildman–Crippen LogP) is 2.50. The Morgan fingerprint density at radius 2 is 2.20 bits per heavy atom. The van der Waals surface area contributed by atoms with Crippen molar-refractivity contribution in [3.8, 4) is 5.75 Å². The quantitative estimate of drug-likeness (QED) is 0.479. The molecule has 2 aliphatic rings. The summed E-state index contributed by atoms with van der Waals surface area (Å²) in [7, 11) is 0. The van der Waals surface area contributed by atoms with Crippen LogP contribution >= 0.6 is 15.9 Å². The molecule has 1 fully saturated rings. The van der Waals surface area contributed by atoms with E-state index in [2.05, 4.69) is 15.9 Å². The van der Waals surface area contributed by atoms with Crippen molar-refractivity contribution in [3.05, 3.63) is 28.3 Å². The Kier molecular flexibility index (Phi) is 3.16. The van der Waals surface area contributed by atoms with Crippen LogP contribution in [0, 0.1) is 15.5 Å². The van der Waals surface area contributed by atoms with Gasteiger partial charge in [0.15, 0.2) is 6.61 Å². The van der Waals surface area contributed by atoms with Gasteiger partial charge in [0.25, 0.3) is 11.6 Å². The molecular formula is C13H13BrN2O4. The molecule has 1 heterocycles. The Hall–Kier alpha value is -1.63. The highest BCUT2D eigenvalue weighted by Gasteiger charge is 2.45. The van der Waals surface area contributed by atoms with E-state index >= 15 is 0 Å². The number of alkyl halides is 1. The Morgan fingerprint density at radius 1 is 1.45 bits per heavy atom. The van der Waals surface area contributed by atoms with E-state index in [0.29, 0.717) is 18.0 Å². The average Bonchev–Trinajstić information content (AvgIpc) is 3.22. The number of carbonyl (C=O) groups excluding carboxylic acids is 1. The lowest BCUT2D eigenvalue weighted by Crippen LogP contribution is -2.42. The summed E-state index contributed by atoms with van der Waals surface area (Å²) < 4.78 is 5.34. The number of carbonyl (C=O) groups is 1. The normalized spacial score (nSPS) is 19.2. The maximum atomic E-state index is 12.1. The summed E-state index contributed by atoms with van der Waals surface area (Å²) in [6.07, 6.45) is 2.13. The summed E-state index contributed by atoms with van der Waals surface area (Å²) in [5.74, 6) is 0.380. The molecule has 7 heteroatoms. The van der Waals surface area contributed by atoms with Crippen molar-refractivity contribution < 1.29 is 14.5 Å². The summed E-state index contributed by atoms with van der Waals surface area (Å²) in [5.41, 5.74) is 0.577. The second-order valence-electron chi connectivity index (χ2n) is 5.31. The van der Waals surface area contributed by atoms with Crippen LogP contribution < -0.4 is 9.64 Å². The molecule has 6 nitrogen and oxygen atoms in total. The number of ether oxygens (including phenoxy) is 1. The zero-order chi connectivity index (χ0) is 14.3. The first kappa shape index (κ1) is 13.4. The second-order valence-corrected chi connectivity index (χ2v) is 5.87. The fourth-order valence-corrected chi connectivity index (χ4v) is 3.06. The molecule has 0 spiro atoms. The van der Waals surface area contributed by atoms with Crippen LogP contribution in [-0.4, -0.2) is 29.3 Å². The number of hydrogen-bond donors (Lipinski definition) is 0. The van der Waals surface area contributed by atoms with Gasteiger partial charge in [-0.25, -0.2) is 0 Å². The smallest absolute Gasteiger partial charge is 0.271 e. The van der Waals surface area contributed by atoms with Crippen LogP contribution in [0.25, 0.3) is 0 Å². The lowest BCUT2D eigenvalue weighted by Gasteiger charge is -2.31. The monoisotopic (exact) mass is 340 g/mol. The van der Waals surface area contributed by atoms with Gasteiger partial charge in [0, 0.05) is 24.0 Å². The molecule has 3 rings (SSSR count). The first-order valence-electron chi connectivity index (χ1n) is 6.32. The molecular weight excluding hydrogens is 328 g/mol. The average molecular weight is 341 g/mol. The number of hydrogen-bond acceptors (Lipinski definition) is 4. The summed E-state index contributed by atoms with van der Waals surface area (Å²) in [6, 6.07) is 4.36. The molecule has 1 aromatic carbocycles. The lowest BCUT2D eigenvalue weighted by molar-refractivity contribution is -0.384. The fraction of sp³-hybridized carbons (Fsp3) is 0.462. The maximum absolute atomic E-state index is 12.1. The number of benzene rings is 1. The maximum Gasteiger partial charge on any atom is 0.271 e. The third-order valence-electron chi connectivity index (χ3n) is 3.83. The van der Waals surface area contributed by atoms with E-state index in [1.54, 1.807) is 11.0 Å².